The SMILES string of the molecule is COc1ccc(NCC(=O)N2CCN(c3cccc(C)c3)CC2)c(OC)c1. The van der Waals surface area contributed by atoms with Gasteiger partial charge in [0, 0.05) is 37.9 Å². The van der Waals surface area contributed by atoms with Gasteiger partial charge in [-0.2, -0.15) is 0 Å². The molecule has 1 amide bonds. The van der Waals surface area contributed by atoms with Crippen molar-refractivity contribution in [1.29, 1.82) is 0 Å². The molecule has 1 N–H and O–H groups in total. The molecular weight excluding hydrogens is 342 g/mol. The highest BCUT2D eigenvalue weighted by Gasteiger charge is 2.21. The largest absolute Gasteiger partial charge is 0.497 e. The number of hydrogen-bond acceptors (Lipinski definition) is 5. The summed E-state index contributed by atoms with van der Waals surface area (Å²) in [7, 11) is 3.22. The Kier molecular flexibility index (Phi) is 6.06. The molecule has 0 atom stereocenters. The molecule has 27 heavy (non-hydrogen) atoms. The number of aryl methyl sites for hydroxylation is 1. The Labute approximate surface area is 160 Å². The van der Waals surface area contributed by atoms with Gasteiger partial charge >= 0.3 is 0 Å². The van der Waals surface area contributed by atoms with Crippen molar-refractivity contribution in [2.75, 3.05) is 57.2 Å². The molecule has 1 saturated heterocycles. The first-order chi connectivity index (χ1) is 13.1. The minimum atomic E-state index is 0.0942. The fraction of sp³-hybridized carbons (Fsp3) is 0.381. The van der Waals surface area contributed by atoms with Gasteiger partial charge < -0.3 is 24.6 Å². The number of methoxy groups -OCH3 is 2. The van der Waals surface area contributed by atoms with Gasteiger partial charge in [-0.05, 0) is 36.8 Å². The number of ether oxygens (including phenoxy) is 2. The number of rotatable bonds is 6. The van der Waals surface area contributed by atoms with Crippen LogP contribution in [0, 0.1) is 6.92 Å². The monoisotopic (exact) mass is 369 g/mol. The molecule has 144 valence electrons. The van der Waals surface area contributed by atoms with Crippen LogP contribution in [-0.2, 0) is 4.79 Å². The molecule has 6 nitrogen and oxygen atoms in total. The van der Waals surface area contributed by atoms with E-state index in [0.717, 1.165) is 37.6 Å². The molecular formula is C21H27N3O3. The van der Waals surface area contributed by atoms with Crippen molar-refractivity contribution in [3.63, 3.8) is 0 Å². The topological polar surface area (TPSA) is 54.0 Å². The van der Waals surface area contributed by atoms with Crippen LogP contribution in [0.5, 0.6) is 11.5 Å². The Morgan fingerprint density at radius 2 is 1.81 bits per heavy atom. The van der Waals surface area contributed by atoms with E-state index in [-0.39, 0.29) is 12.5 Å². The summed E-state index contributed by atoms with van der Waals surface area (Å²) in [6.07, 6.45) is 0. The van der Waals surface area contributed by atoms with E-state index in [0.29, 0.717) is 5.75 Å². The van der Waals surface area contributed by atoms with Crippen LogP contribution in [0.4, 0.5) is 11.4 Å². The number of carbonyl (C=O) groups is 1. The molecule has 3 rings (SSSR count). The van der Waals surface area contributed by atoms with Crippen LogP contribution in [0.25, 0.3) is 0 Å². The number of nitrogens with zero attached hydrogens (tertiary/aromatic N) is 2. The highest BCUT2D eigenvalue weighted by atomic mass is 16.5. The van der Waals surface area contributed by atoms with Gasteiger partial charge in [-0.25, -0.2) is 0 Å². The van der Waals surface area contributed by atoms with Crippen LogP contribution in [0.15, 0.2) is 42.5 Å². The van der Waals surface area contributed by atoms with Gasteiger partial charge in [0.1, 0.15) is 11.5 Å². The second-order valence-corrected chi connectivity index (χ2v) is 6.63. The van der Waals surface area contributed by atoms with Crippen molar-refractivity contribution >= 4 is 17.3 Å². The van der Waals surface area contributed by atoms with Crippen molar-refractivity contribution in [3.8, 4) is 11.5 Å². The first kappa shape index (κ1) is 18.9. The second-order valence-electron chi connectivity index (χ2n) is 6.63. The van der Waals surface area contributed by atoms with Gasteiger partial charge in [0.15, 0.2) is 0 Å². The maximum Gasteiger partial charge on any atom is 0.241 e. The third-order valence-corrected chi connectivity index (χ3v) is 4.84. The summed E-state index contributed by atoms with van der Waals surface area (Å²) in [4.78, 5) is 16.8. The molecule has 0 radical (unpaired) electrons. The molecule has 0 bridgehead atoms. The first-order valence-corrected chi connectivity index (χ1v) is 9.16. The maximum absolute atomic E-state index is 12.6. The molecule has 1 fully saturated rings. The van der Waals surface area contributed by atoms with E-state index in [1.165, 1.54) is 11.3 Å². The zero-order valence-electron chi connectivity index (χ0n) is 16.2. The normalized spacial score (nSPS) is 14.0. The third kappa shape index (κ3) is 4.64. The van der Waals surface area contributed by atoms with Gasteiger partial charge in [0.2, 0.25) is 5.91 Å². The zero-order chi connectivity index (χ0) is 19.2. The Balaban J connectivity index is 1.53. The van der Waals surface area contributed by atoms with Crippen molar-refractivity contribution in [2.24, 2.45) is 0 Å². The van der Waals surface area contributed by atoms with Gasteiger partial charge in [0.25, 0.3) is 0 Å². The highest BCUT2D eigenvalue weighted by Crippen LogP contribution is 2.28. The maximum atomic E-state index is 12.6. The van der Waals surface area contributed by atoms with E-state index < -0.39 is 0 Å². The van der Waals surface area contributed by atoms with Gasteiger partial charge in [-0.1, -0.05) is 12.1 Å². The quantitative estimate of drug-likeness (QED) is 0.849. The molecule has 0 aliphatic carbocycles. The predicted octanol–water partition coefficient (Wildman–Crippen LogP) is 2.77. The van der Waals surface area contributed by atoms with E-state index in [1.807, 2.05) is 17.0 Å². The average molecular weight is 369 g/mol. The first-order valence-electron chi connectivity index (χ1n) is 9.16. The number of amides is 1. The third-order valence-electron chi connectivity index (χ3n) is 4.84. The van der Waals surface area contributed by atoms with Crippen molar-refractivity contribution < 1.29 is 14.3 Å². The molecule has 0 saturated carbocycles. The van der Waals surface area contributed by atoms with Crippen LogP contribution in [0.2, 0.25) is 0 Å². The minimum Gasteiger partial charge on any atom is -0.497 e. The Hall–Kier alpha value is -2.89. The van der Waals surface area contributed by atoms with Crippen LogP contribution in [-0.4, -0.2) is 57.8 Å². The van der Waals surface area contributed by atoms with Crippen molar-refractivity contribution in [2.45, 2.75) is 6.92 Å². The fourth-order valence-corrected chi connectivity index (χ4v) is 3.27. The molecule has 0 spiro atoms. The fourth-order valence-electron chi connectivity index (χ4n) is 3.27. The van der Waals surface area contributed by atoms with Gasteiger partial charge in [-0.3, -0.25) is 4.79 Å². The Morgan fingerprint density at radius 3 is 2.48 bits per heavy atom. The standard InChI is InChI=1S/C21H27N3O3/c1-16-5-4-6-17(13-16)23-9-11-24(12-10-23)21(25)15-22-19-8-7-18(26-2)14-20(19)27-3/h4-8,13-14,22H,9-12,15H2,1-3H3. The number of piperazine rings is 1. The summed E-state index contributed by atoms with van der Waals surface area (Å²) >= 11 is 0. The number of hydrogen-bond donors (Lipinski definition) is 1. The smallest absolute Gasteiger partial charge is 0.241 e. The Bertz CT molecular complexity index is 786. The van der Waals surface area contributed by atoms with Crippen LogP contribution < -0.4 is 19.7 Å². The van der Waals surface area contributed by atoms with Crippen molar-refractivity contribution in [3.05, 3.63) is 48.0 Å². The summed E-state index contributed by atoms with van der Waals surface area (Å²) in [6, 6.07) is 14.0. The lowest BCUT2D eigenvalue weighted by molar-refractivity contribution is -0.129. The van der Waals surface area contributed by atoms with E-state index in [4.69, 9.17) is 9.47 Å². The summed E-state index contributed by atoms with van der Waals surface area (Å²) in [5, 5.41) is 3.18. The van der Waals surface area contributed by atoms with Crippen molar-refractivity contribution in [1.82, 2.24) is 4.90 Å². The molecule has 1 heterocycles. The minimum absolute atomic E-state index is 0.0942. The number of nitrogens with one attached hydrogen (secondary N) is 1. The summed E-state index contributed by atoms with van der Waals surface area (Å²) in [5.41, 5.74) is 3.26. The number of carbonyl (C=O) groups excluding carboxylic acids is 1. The van der Waals surface area contributed by atoms with Crippen LogP contribution in [0.1, 0.15) is 5.56 Å². The summed E-state index contributed by atoms with van der Waals surface area (Å²) < 4.78 is 10.6. The number of benzene rings is 2. The Morgan fingerprint density at radius 1 is 1.04 bits per heavy atom. The lowest BCUT2D eigenvalue weighted by Crippen LogP contribution is -2.50. The lowest BCUT2D eigenvalue weighted by atomic mass is 10.2. The van der Waals surface area contributed by atoms with Crippen LogP contribution >= 0.6 is 0 Å². The molecule has 0 unspecified atom stereocenters. The van der Waals surface area contributed by atoms with Gasteiger partial charge in [0.05, 0.1) is 26.5 Å². The van der Waals surface area contributed by atoms with E-state index in [2.05, 4.69) is 41.4 Å². The average Bonchev–Trinajstić information content (AvgIpc) is 2.72. The molecule has 6 heteroatoms. The van der Waals surface area contributed by atoms with E-state index >= 15 is 0 Å². The summed E-state index contributed by atoms with van der Waals surface area (Å²) in [6.45, 7) is 5.50. The van der Waals surface area contributed by atoms with Crippen LogP contribution in [0.3, 0.4) is 0 Å². The van der Waals surface area contributed by atoms with E-state index in [1.54, 1.807) is 20.3 Å². The van der Waals surface area contributed by atoms with E-state index in [9.17, 15) is 4.79 Å². The molecule has 1 aliphatic rings. The second kappa shape index (κ2) is 8.66. The highest BCUT2D eigenvalue weighted by molar-refractivity contribution is 5.82. The molecule has 0 aromatic heterocycles. The summed E-state index contributed by atoms with van der Waals surface area (Å²) in [5.74, 6) is 1.47. The molecule has 1 aliphatic heterocycles. The lowest BCUT2D eigenvalue weighted by Gasteiger charge is -2.36. The number of anilines is 2. The predicted molar refractivity (Wildman–Crippen MR) is 108 cm³/mol. The molecule has 2 aromatic rings. The van der Waals surface area contributed by atoms with Gasteiger partial charge in [-0.15, -0.1) is 0 Å². The zero-order valence-corrected chi connectivity index (χ0v) is 16.2. The molecule has 2 aromatic carbocycles.